The third-order valence-corrected chi connectivity index (χ3v) is 7.37. The summed E-state index contributed by atoms with van der Waals surface area (Å²) in [5, 5.41) is 0. The summed E-state index contributed by atoms with van der Waals surface area (Å²) in [4.78, 5) is 14.3. The van der Waals surface area contributed by atoms with E-state index in [1.54, 1.807) is 6.20 Å². The molecule has 2 aliphatic rings. The van der Waals surface area contributed by atoms with Crippen molar-refractivity contribution in [3.05, 3.63) is 65.5 Å². The summed E-state index contributed by atoms with van der Waals surface area (Å²) in [5.74, 6) is 1.05. The average Bonchev–Trinajstić information content (AvgIpc) is 2.84. The average molecular weight is 464 g/mol. The van der Waals surface area contributed by atoms with Crippen LogP contribution in [0.5, 0.6) is 0 Å². The van der Waals surface area contributed by atoms with E-state index in [2.05, 4.69) is 90.6 Å². The van der Waals surface area contributed by atoms with E-state index >= 15 is 0 Å². The lowest BCUT2D eigenvalue weighted by atomic mass is 9.97. The molecule has 0 atom stereocenters. The number of amidine groups is 1. The smallest absolute Gasteiger partial charge is 0.101 e. The molecule has 0 aromatic heterocycles. The van der Waals surface area contributed by atoms with Crippen LogP contribution in [0.15, 0.2) is 48.3 Å². The molecule has 0 radical (unpaired) electrons. The van der Waals surface area contributed by atoms with Crippen LogP contribution in [0.3, 0.4) is 0 Å². The van der Waals surface area contributed by atoms with E-state index in [0.717, 1.165) is 83.3 Å². The Morgan fingerprint density at radius 1 is 0.912 bits per heavy atom. The Morgan fingerprint density at radius 2 is 1.53 bits per heavy atom. The summed E-state index contributed by atoms with van der Waals surface area (Å²) in [5.41, 5.74) is 8.10. The van der Waals surface area contributed by atoms with Gasteiger partial charge >= 0.3 is 0 Å². The predicted molar refractivity (Wildman–Crippen MR) is 147 cm³/mol. The highest BCUT2D eigenvalue weighted by Gasteiger charge is 2.22. The van der Waals surface area contributed by atoms with Crippen LogP contribution in [-0.4, -0.2) is 77.8 Å². The van der Waals surface area contributed by atoms with Crippen LogP contribution in [0.25, 0.3) is 5.70 Å². The van der Waals surface area contributed by atoms with Gasteiger partial charge in [0.05, 0.1) is 0 Å². The first kappa shape index (κ1) is 26.1. The first-order chi connectivity index (χ1) is 16.4. The molecule has 0 aliphatic carbocycles. The van der Waals surface area contributed by atoms with Crippen molar-refractivity contribution < 1.29 is 0 Å². The Labute approximate surface area is 208 Å². The molecule has 1 aromatic rings. The highest BCUT2D eigenvalue weighted by Crippen LogP contribution is 2.27. The maximum absolute atomic E-state index is 4.52. The van der Waals surface area contributed by atoms with Gasteiger partial charge in [-0.1, -0.05) is 39.1 Å². The van der Waals surface area contributed by atoms with Gasteiger partial charge in [-0.2, -0.15) is 0 Å². The van der Waals surface area contributed by atoms with Gasteiger partial charge in [0, 0.05) is 82.1 Å². The Morgan fingerprint density at radius 3 is 2.12 bits per heavy atom. The number of nitrogens with zero attached hydrogens (tertiary/aromatic N) is 5. The molecule has 2 saturated heterocycles. The molecule has 0 spiro atoms. The third kappa shape index (κ3) is 6.32. The molecule has 3 rings (SSSR count). The van der Waals surface area contributed by atoms with Crippen molar-refractivity contribution in [2.24, 2.45) is 4.99 Å². The summed E-state index contributed by atoms with van der Waals surface area (Å²) in [6.07, 6.45) is 6.27. The second-order valence-electron chi connectivity index (χ2n) is 9.59. The highest BCUT2D eigenvalue weighted by atomic mass is 15.3. The van der Waals surface area contributed by atoms with E-state index in [1.807, 2.05) is 0 Å². The number of aliphatic imine (C=N–C) groups is 1. The highest BCUT2D eigenvalue weighted by molar-refractivity contribution is 5.80. The van der Waals surface area contributed by atoms with E-state index in [4.69, 9.17) is 0 Å². The van der Waals surface area contributed by atoms with Crippen molar-refractivity contribution in [1.29, 1.82) is 0 Å². The molecular formula is C29H45N5. The largest absolute Gasteiger partial charge is 0.373 e. The van der Waals surface area contributed by atoms with Gasteiger partial charge in [0.15, 0.2) is 0 Å². The number of rotatable bonds is 8. The Kier molecular flexibility index (Phi) is 9.40. The number of aryl methyl sites for hydroxylation is 2. The standard InChI is InChI=1S/C29H45N5/c1-8-11-28(9-2)34-14-12-31(13-15-34)22-27-21-29(24(5)20-23(27)4)25(6)32-16-18-33(19-17-32)26(7)30-10-3/h10-11,20-21H,3,6,8-9,12-19,22H2,1-2,4-5,7H3/b28-11+,30-26?. The van der Waals surface area contributed by atoms with Crippen LogP contribution >= 0.6 is 0 Å². The second-order valence-corrected chi connectivity index (χ2v) is 9.59. The van der Waals surface area contributed by atoms with Crippen LogP contribution < -0.4 is 0 Å². The predicted octanol–water partition coefficient (Wildman–Crippen LogP) is 5.28. The minimum Gasteiger partial charge on any atom is -0.373 e. The maximum Gasteiger partial charge on any atom is 0.101 e. The van der Waals surface area contributed by atoms with Crippen LogP contribution in [-0.2, 0) is 6.54 Å². The van der Waals surface area contributed by atoms with Crippen LogP contribution in [0.1, 0.15) is 55.9 Å². The zero-order valence-corrected chi connectivity index (χ0v) is 22.2. The summed E-state index contributed by atoms with van der Waals surface area (Å²) >= 11 is 0. The fourth-order valence-electron chi connectivity index (χ4n) is 5.23. The van der Waals surface area contributed by atoms with E-state index < -0.39 is 0 Å². The fraction of sp³-hybridized carbons (Fsp3) is 0.552. The lowest BCUT2D eigenvalue weighted by Gasteiger charge is -2.39. The van der Waals surface area contributed by atoms with Crippen LogP contribution in [0.2, 0.25) is 0 Å². The normalized spacial score (nSPS) is 18.4. The Bertz CT molecular complexity index is 913. The summed E-state index contributed by atoms with van der Waals surface area (Å²) in [6.45, 7) is 28.7. The number of hydrogen-bond acceptors (Lipinski definition) is 4. The Balaban J connectivity index is 1.64. The molecule has 1 aromatic carbocycles. The first-order valence-electron chi connectivity index (χ1n) is 13.0. The summed E-state index contributed by atoms with van der Waals surface area (Å²) in [7, 11) is 0. The minimum atomic E-state index is 0.969. The van der Waals surface area contributed by atoms with Gasteiger partial charge in [0.25, 0.3) is 0 Å². The van der Waals surface area contributed by atoms with Gasteiger partial charge < -0.3 is 14.7 Å². The van der Waals surface area contributed by atoms with Gasteiger partial charge in [-0.15, -0.1) is 0 Å². The van der Waals surface area contributed by atoms with Gasteiger partial charge in [-0.25, -0.2) is 4.99 Å². The fourth-order valence-corrected chi connectivity index (χ4v) is 5.23. The number of allylic oxidation sites excluding steroid dienone is 2. The third-order valence-electron chi connectivity index (χ3n) is 7.37. The van der Waals surface area contributed by atoms with Crippen molar-refractivity contribution >= 4 is 11.5 Å². The lowest BCUT2D eigenvalue weighted by molar-refractivity contribution is 0.150. The van der Waals surface area contributed by atoms with Gasteiger partial charge in [-0.3, -0.25) is 4.90 Å². The van der Waals surface area contributed by atoms with Crippen LogP contribution in [0, 0.1) is 13.8 Å². The van der Waals surface area contributed by atoms with Crippen molar-refractivity contribution in [2.45, 2.75) is 54.0 Å². The quantitative estimate of drug-likeness (QED) is 0.387. The summed E-state index contributed by atoms with van der Waals surface area (Å²) < 4.78 is 0. The first-order valence-corrected chi connectivity index (χ1v) is 13.0. The van der Waals surface area contributed by atoms with Gasteiger partial charge in [-0.05, 0) is 56.4 Å². The SMILES string of the molecule is C=CN=C(C)N1CCN(C(=C)c2cc(CN3CCN(/C(=C/CC)CC)CC3)c(C)cc2C)CC1. The van der Waals surface area contributed by atoms with E-state index in [9.17, 15) is 0 Å². The van der Waals surface area contributed by atoms with Crippen molar-refractivity contribution in [1.82, 2.24) is 19.6 Å². The molecule has 0 unspecified atom stereocenters. The lowest BCUT2D eigenvalue weighted by Crippen LogP contribution is -2.47. The minimum absolute atomic E-state index is 0.969. The zero-order chi connectivity index (χ0) is 24.7. The molecule has 0 saturated carbocycles. The molecule has 2 heterocycles. The molecule has 2 aliphatic heterocycles. The monoisotopic (exact) mass is 463 g/mol. The van der Waals surface area contributed by atoms with E-state index in [-0.39, 0.29) is 0 Å². The molecular weight excluding hydrogens is 418 g/mol. The Hall–Kier alpha value is -2.53. The van der Waals surface area contributed by atoms with Crippen LogP contribution in [0.4, 0.5) is 0 Å². The van der Waals surface area contributed by atoms with Crippen molar-refractivity contribution in [3.63, 3.8) is 0 Å². The zero-order valence-electron chi connectivity index (χ0n) is 22.2. The van der Waals surface area contributed by atoms with Gasteiger partial charge in [0.2, 0.25) is 0 Å². The van der Waals surface area contributed by atoms with Gasteiger partial charge in [0.1, 0.15) is 5.84 Å². The second kappa shape index (κ2) is 12.3. The number of benzene rings is 1. The molecule has 0 N–H and O–H groups in total. The summed E-state index contributed by atoms with van der Waals surface area (Å²) in [6, 6.07) is 4.76. The molecule has 0 amide bonds. The maximum atomic E-state index is 4.52. The number of hydrogen-bond donors (Lipinski definition) is 0. The molecule has 5 nitrogen and oxygen atoms in total. The number of piperazine rings is 2. The molecule has 5 heteroatoms. The van der Waals surface area contributed by atoms with E-state index in [1.165, 1.54) is 28.0 Å². The van der Waals surface area contributed by atoms with Crippen molar-refractivity contribution in [2.75, 3.05) is 52.4 Å². The van der Waals surface area contributed by atoms with Crippen molar-refractivity contribution in [3.8, 4) is 0 Å². The molecule has 2 fully saturated rings. The van der Waals surface area contributed by atoms with E-state index in [0.29, 0.717) is 0 Å². The molecule has 186 valence electrons. The molecule has 0 bridgehead atoms. The molecule has 34 heavy (non-hydrogen) atoms. The topological polar surface area (TPSA) is 25.3 Å².